The lowest BCUT2D eigenvalue weighted by molar-refractivity contribution is -0.896. The normalized spacial score (nSPS) is 12.3. The van der Waals surface area contributed by atoms with Crippen molar-refractivity contribution in [2.75, 3.05) is 68.3 Å². The summed E-state index contributed by atoms with van der Waals surface area (Å²) in [5.74, 6) is -0.919. The number of anilines is 4. The molecule has 0 spiro atoms. The van der Waals surface area contributed by atoms with E-state index in [0.717, 1.165) is 65.1 Å². The van der Waals surface area contributed by atoms with Gasteiger partial charge >= 0.3 is 5.69 Å². The van der Waals surface area contributed by atoms with Crippen LogP contribution >= 0.6 is 0 Å². The van der Waals surface area contributed by atoms with Gasteiger partial charge in [-0.3, -0.25) is 0 Å². The van der Waals surface area contributed by atoms with Crippen molar-refractivity contribution in [2.45, 2.75) is 58.5 Å². The van der Waals surface area contributed by atoms with Gasteiger partial charge in [0.1, 0.15) is 15.8 Å². The number of nitrogens with one attached hydrogen (secondary N) is 7. The second kappa shape index (κ2) is 21.1. The smallest absolute Gasteiger partial charge is 0.323 e. The van der Waals surface area contributed by atoms with E-state index in [4.69, 9.17) is 5.11 Å². The number of aromatic nitrogens is 5. The standard InChI is InChI=1S/C34H46N12O5S.C3H6O3/c1-5-45(6-2)17-9-15-35-31-40-32(36-16-10-18-46(7-3)8-4)42-33(41-31)37-23-11-13-25-22(19-23)20-28(52(49,50)51)29(30(25)47)44-43-24-12-14-26-27(21-24)39-34(48)38-26;1-2(4)3(5)6/h11-14,19-21,47H,5-10,15-18H2,1-4H3,(H2,38,39,48)(H,49,50,51)(H3,35,36,37,40,41,42);2,4H,1H3,(H,5,6). The molecule has 0 fully saturated rings. The van der Waals surface area contributed by atoms with Gasteiger partial charge < -0.3 is 60.4 Å². The van der Waals surface area contributed by atoms with Crippen molar-refractivity contribution in [3.63, 3.8) is 0 Å². The largest absolute Gasteiger partial charge is 0.744 e. The molecule has 21 heteroatoms. The summed E-state index contributed by atoms with van der Waals surface area (Å²) in [7, 11) is -5.10. The van der Waals surface area contributed by atoms with E-state index in [1.807, 2.05) is 0 Å². The number of rotatable bonds is 20. The van der Waals surface area contributed by atoms with Gasteiger partial charge in [0.2, 0.25) is 17.8 Å². The summed E-state index contributed by atoms with van der Waals surface area (Å²) in [6.07, 6.45) is 0.528. The number of aliphatic hydroxyl groups is 1. The van der Waals surface area contributed by atoms with Crippen LogP contribution in [0, 0.1) is 0 Å². The Morgan fingerprint density at radius 2 is 1.40 bits per heavy atom. The highest BCUT2D eigenvalue weighted by molar-refractivity contribution is 7.86. The highest BCUT2D eigenvalue weighted by atomic mass is 32.2. The van der Waals surface area contributed by atoms with Crippen molar-refractivity contribution in [1.82, 2.24) is 24.9 Å². The maximum atomic E-state index is 12.4. The number of aliphatic hydroxyl groups excluding tert-OH is 1. The van der Waals surface area contributed by atoms with Crippen molar-refractivity contribution in [3.8, 4) is 5.75 Å². The van der Waals surface area contributed by atoms with Crippen LogP contribution in [0.15, 0.2) is 62.4 Å². The zero-order valence-electron chi connectivity index (χ0n) is 33.2. The summed E-state index contributed by atoms with van der Waals surface area (Å²) in [6.45, 7) is 17.5. The topological polar surface area (TPSA) is 295 Å². The number of benzene rings is 3. The second-order valence-electron chi connectivity index (χ2n) is 13.4. The van der Waals surface area contributed by atoms with Crippen LogP contribution in [0.4, 0.5) is 34.9 Å². The molecule has 0 saturated carbocycles. The van der Waals surface area contributed by atoms with E-state index in [-0.39, 0.29) is 22.4 Å². The van der Waals surface area contributed by atoms with Crippen molar-refractivity contribution >= 4 is 72.8 Å². The minimum atomic E-state index is -5.10. The van der Waals surface area contributed by atoms with Gasteiger partial charge in [0.25, 0.3) is 0 Å². The number of quaternary nitrogens is 2. The molecule has 5 aromatic rings. The summed E-state index contributed by atoms with van der Waals surface area (Å²) in [5.41, 5.74) is 0.824. The third-order valence-electron chi connectivity index (χ3n) is 9.30. The Kier molecular flexibility index (Phi) is 16.4. The quantitative estimate of drug-likeness (QED) is 0.0294. The number of hydrogen-bond acceptors (Lipinski definition) is 16. The Morgan fingerprint density at radius 1 is 0.845 bits per heavy atom. The summed E-state index contributed by atoms with van der Waals surface area (Å²) in [4.78, 5) is 42.2. The molecule has 314 valence electrons. The fraction of sp³-hybridized carbons (Fsp3) is 0.432. The highest BCUT2D eigenvalue weighted by Crippen LogP contribution is 2.42. The van der Waals surface area contributed by atoms with Crippen molar-refractivity contribution < 1.29 is 42.9 Å². The number of aromatic hydroxyl groups is 1. The Hall–Kier alpha value is -5.74. The number of aromatic amines is 2. The Labute approximate surface area is 335 Å². The van der Waals surface area contributed by atoms with Gasteiger partial charge in [-0.05, 0) is 82.5 Å². The number of fused-ring (bicyclic) bond motifs is 2. The maximum absolute atomic E-state index is 12.4. The summed E-state index contributed by atoms with van der Waals surface area (Å²) < 4.78 is 37.1. The SMILES string of the molecule is CC(O)C(=O)[O-].CC[NH+](CC)CCCNc1nc(NCCC[NH+](CC)CC)nc(Nc2ccc3c(O)c(N=Nc4ccc5[nH]c(=O)[nH]c5c4)c(S(=O)(=O)[O-])cc3c2)n1. The second-order valence-corrected chi connectivity index (χ2v) is 14.7. The van der Waals surface area contributed by atoms with Crippen LogP contribution in [0.1, 0.15) is 47.5 Å². The van der Waals surface area contributed by atoms with Crippen LogP contribution in [0.3, 0.4) is 0 Å². The molecule has 1 atom stereocenters. The van der Waals surface area contributed by atoms with Crippen molar-refractivity contribution in [2.24, 2.45) is 10.2 Å². The predicted molar refractivity (Wildman–Crippen MR) is 217 cm³/mol. The number of imidazole rings is 1. The molecule has 0 aliphatic heterocycles. The van der Waals surface area contributed by atoms with Crippen LogP contribution in [0.5, 0.6) is 5.75 Å². The number of nitrogens with zero attached hydrogens (tertiary/aromatic N) is 5. The molecule has 2 aromatic heterocycles. The molecule has 0 saturated heterocycles. The van der Waals surface area contributed by atoms with Crippen molar-refractivity contribution in [1.29, 1.82) is 0 Å². The van der Waals surface area contributed by atoms with Gasteiger partial charge in [0.05, 0.1) is 73.0 Å². The third kappa shape index (κ3) is 12.9. The number of H-pyrrole nitrogens is 2. The lowest BCUT2D eigenvalue weighted by Gasteiger charge is -2.16. The van der Waals surface area contributed by atoms with Gasteiger partial charge in [-0.2, -0.15) is 20.1 Å². The first-order valence-corrected chi connectivity index (χ1v) is 20.5. The van der Waals surface area contributed by atoms with E-state index in [2.05, 4.69) is 78.8 Å². The molecule has 2 heterocycles. The number of carbonyl (C=O) groups is 1. The van der Waals surface area contributed by atoms with E-state index < -0.39 is 44.2 Å². The van der Waals surface area contributed by atoms with Crippen LogP contribution in [0.25, 0.3) is 21.8 Å². The lowest BCUT2D eigenvalue weighted by Crippen LogP contribution is -3.11. The fourth-order valence-corrected chi connectivity index (χ4v) is 6.56. The zero-order chi connectivity index (χ0) is 42.4. The first kappa shape index (κ1) is 45.0. The van der Waals surface area contributed by atoms with E-state index in [0.29, 0.717) is 41.7 Å². The molecule has 3 aromatic carbocycles. The molecule has 0 radical (unpaired) electrons. The molecule has 20 nitrogen and oxygen atoms in total. The first-order chi connectivity index (χ1) is 27.6. The number of carboxylic acids is 1. The Morgan fingerprint density at radius 3 is 1.93 bits per heavy atom. The van der Waals surface area contributed by atoms with Crippen LogP contribution in [-0.4, -0.2) is 113 Å². The van der Waals surface area contributed by atoms with Crippen LogP contribution in [0.2, 0.25) is 0 Å². The molecular weight excluding hydrogens is 773 g/mol. The van der Waals surface area contributed by atoms with Gasteiger partial charge in [0, 0.05) is 37.0 Å². The number of carboxylic acid groups (broad SMARTS) is 1. The van der Waals surface area contributed by atoms with Crippen LogP contribution < -0.4 is 36.5 Å². The number of phenolic OH excluding ortho intramolecular Hbond substituents is 1. The fourth-order valence-electron chi connectivity index (χ4n) is 5.91. The number of azo groups is 1. The third-order valence-corrected chi connectivity index (χ3v) is 10.1. The van der Waals surface area contributed by atoms with Gasteiger partial charge in [-0.15, -0.1) is 5.11 Å². The van der Waals surface area contributed by atoms with Gasteiger partial charge in [-0.1, -0.05) is 0 Å². The zero-order valence-corrected chi connectivity index (χ0v) is 34.0. The van der Waals surface area contributed by atoms with E-state index in [1.165, 1.54) is 15.9 Å². The predicted octanol–water partition coefficient (Wildman–Crippen LogP) is 0.534. The van der Waals surface area contributed by atoms with E-state index >= 15 is 0 Å². The number of aliphatic carboxylic acids is 1. The summed E-state index contributed by atoms with van der Waals surface area (Å²) in [6, 6.07) is 10.6. The molecule has 0 aliphatic carbocycles. The Bertz CT molecular complexity index is 2300. The minimum absolute atomic E-state index is 0.239. The summed E-state index contributed by atoms with van der Waals surface area (Å²) >= 11 is 0. The molecular formula is C37H52N12O8S. The van der Waals surface area contributed by atoms with Crippen LogP contribution in [-0.2, 0) is 14.9 Å². The maximum Gasteiger partial charge on any atom is 0.323 e. The number of phenols is 1. The van der Waals surface area contributed by atoms with Gasteiger partial charge in [-0.25, -0.2) is 13.2 Å². The minimum Gasteiger partial charge on any atom is -0.744 e. The average molecular weight is 825 g/mol. The Balaban J connectivity index is 0.00000115. The highest BCUT2D eigenvalue weighted by Gasteiger charge is 2.19. The number of hydrogen-bond donors (Lipinski definition) is 9. The molecule has 5 rings (SSSR count). The van der Waals surface area contributed by atoms with Gasteiger partial charge in [0.15, 0.2) is 5.75 Å². The molecule has 0 aliphatic rings. The molecule has 0 amide bonds. The van der Waals surface area contributed by atoms with E-state index in [9.17, 15) is 32.8 Å². The monoisotopic (exact) mass is 824 g/mol. The molecule has 9 N–H and O–H groups in total. The molecule has 1 unspecified atom stereocenters. The molecule has 0 bridgehead atoms. The van der Waals surface area contributed by atoms with Crippen molar-refractivity contribution in [3.05, 3.63) is 52.9 Å². The summed E-state index contributed by atoms with van der Waals surface area (Å²) in [5, 5.41) is 46.7. The van der Waals surface area contributed by atoms with E-state index in [1.54, 1.807) is 30.3 Å². The first-order valence-electron chi connectivity index (χ1n) is 19.1. The number of carbonyl (C=O) groups excluding carboxylic acids is 1. The average Bonchev–Trinajstić information content (AvgIpc) is 3.56. The lowest BCUT2D eigenvalue weighted by atomic mass is 10.1. The molecule has 58 heavy (non-hydrogen) atoms.